The summed E-state index contributed by atoms with van der Waals surface area (Å²) in [5, 5.41) is 16.5. The first kappa shape index (κ1) is 24.0. The average Bonchev–Trinajstić information content (AvgIpc) is 2.86. The van der Waals surface area contributed by atoms with Gasteiger partial charge in [0.2, 0.25) is 5.91 Å². The number of rotatable bonds is 6. The molecule has 0 spiro atoms. The van der Waals surface area contributed by atoms with Gasteiger partial charge in [0.1, 0.15) is 6.54 Å². The number of benzene rings is 2. The van der Waals surface area contributed by atoms with Crippen molar-refractivity contribution in [1.82, 2.24) is 10.2 Å². The molecule has 2 atom stereocenters. The van der Waals surface area contributed by atoms with E-state index in [-0.39, 0.29) is 23.8 Å². The van der Waals surface area contributed by atoms with Gasteiger partial charge in [-0.2, -0.15) is 0 Å². The summed E-state index contributed by atoms with van der Waals surface area (Å²) in [5.41, 5.74) is 2.46. The molecule has 0 aromatic heterocycles. The second-order valence-corrected chi connectivity index (χ2v) is 9.81. The lowest BCUT2D eigenvalue weighted by molar-refractivity contribution is -0.695. The van der Waals surface area contributed by atoms with Crippen molar-refractivity contribution in [1.29, 1.82) is 0 Å². The summed E-state index contributed by atoms with van der Waals surface area (Å²) in [6.45, 7) is 5.18. The largest absolute Gasteiger partial charge is 0.548 e. The summed E-state index contributed by atoms with van der Waals surface area (Å²) in [4.78, 5) is 40.4. The smallest absolute Gasteiger partial charge is 0.281 e. The summed E-state index contributed by atoms with van der Waals surface area (Å²) in [6.07, 6.45) is 1.59. The minimum atomic E-state index is -1.28. The van der Waals surface area contributed by atoms with Crippen LogP contribution in [0.4, 0.5) is 0 Å². The zero-order valence-corrected chi connectivity index (χ0v) is 19.8. The van der Waals surface area contributed by atoms with Crippen molar-refractivity contribution in [2.75, 3.05) is 13.1 Å². The summed E-state index contributed by atoms with van der Waals surface area (Å²) < 4.78 is 0. The highest BCUT2D eigenvalue weighted by molar-refractivity contribution is 5.92. The molecule has 0 radical (unpaired) electrons. The predicted molar refractivity (Wildman–Crippen MR) is 125 cm³/mol. The summed E-state index contributed by atoms with van der Waals surface area (Å²) >= 11 is 0. The SMILES string of the molecule is CC(C)[C@@H](NC(=O)C1(c2ccccc2)CCN(C(=O)[C@@H]2Cc3ccccc3C[NH2+]2)CC1)C(=O)[O-]. The number of aliphatic carboxylic acids is 1. The van der Waals surface area contributed by atoms with E-state index in [1.54, 1.807) is 13.8 Å². The fourth-order valence-corrected chi connectivity index (χ4v) is 5.26. The Hall–Kier alpha value is -3.19. The van der Waals surface area contributed by atoms with E-state index in [4.69, 9.17) is 0 Å². The van der Waals surface area contributed by atoms with Crippen molar-refractivity contribution in [3.05, 3.63) is 71.3 Å². The number of fused-ring (bicyclic) bond motifs is 1. The van der Waals surface area contributed by atoms with Gasteiger partial charge in [0.25, 0.3) is 5.91 Å². The maximum absolute atomic E-state index is 13.5. The second-order valence-electron chi connectivity index (χ2n) is 9.81. The van der Waals surface area contributed by atoms with Crippen LogP contribution in [0.1, 0.15) is 43.4 Å². The van der Waals surface area contributed by atoms with E-state index in [9.17, 15) is 19.5 Å². The van der Waals surface area contributed by atoms with Crippen LogP contribution in [0, 0.1) is 5.92 Å². The molecular weight excluding hydrogens is 430 g/mol. The third-order valence-corrected chi connectivity index (χ3v) is 7.39. The number of piperidine rings is 1. The maximum Gasteiger partial charge on any atom is 0.281 e. The van der Waals surface area contributed by atoms with Gasteiger partial charge < -0.3 is 25.4 Å². The number of carboxylic acid groups (broad SMARTS) is 1. The first-order valence-electron chi connectivity index (χ1n) is 12.1. The van der Waals surface area contributed by atoms with Crippen LogP contribution >= 0.6 is 0 Å². The van der Waals surface area contributed by atoms with E-state index in [1.165, 1.54) is 11.1 Å². The molecule has 2 heterocycles. The Balaban J connectivity index is 1.50. The van der Waals surface area contributed by atoms with Gasteiger partial charge in [-0.1, -0.05) is 68.4 Å². The quantitative estimate of drug-likeness (QED) is 0.635. The van der Waals surface area contributed by atoms with Gasteiger partial charge in [0.15, 0.2) is 6.04 Å². The highest BCUT2D eigenvalue weighted by Crippen LogP contribution is 2.36. The molecule has 180 valence electrons. The molecule has 0 unspecified atom stereocenters. The molecular formula is C27H33N3O4. The van der Waals surface area contributed by atoms with E-state index >= 15 is 0 Å². The minimum absolute atomic E-state index is 0.103. The first-order chi connectivity index (χ1) is 16.3. The van der Waals surface area contributed by atoms with Crippen LogP contribution in [-0.4, -0.2) is 47.9 Å². The molecule has 7 heteroatoms. The Morgan fingerprint density at radius 3 is 2.24 bits per heavy atom. The molecule has 2 amide bonds. The Bertz CT molecular complexity index is 1040. The van der Waals surface area contributed by atoms with Crippen LogP contribution in [0.25, 0.3) is 0 Å². The van der Waals surface area contributed by atoms with Crippen LogP contribution in [0.2, 0.25) is 0 Å². The second kappa shape index (κ2) is 9.97. The van der Waals surface area contributed by atoms with Crippen LogP contribution in [0.15, 0.2) is 54.6 Å². The molecule has 1 saturated heterocycles. The average molecular weight is 464 g/mol. The Labute approximate surface area is 200 Å². The third-order valence-electron chi connectivity index (χ3n) is 7.39. The molecule has 4 rings (SSSR count). The van der Waals surface area contributed by atoms with Crippen LogP contribution in [0.5, 0.6) is 0 Å². The van der Waals surface area contributed by atoms with E-state index in [0.29, 0.717) is 32.4 Å². The molecule has 2 aliphatic rings. The number of nitrogens with two attached hydrogens (primary N) is 1. The molecule has 0 bridgehead atoms. The number of nitrogens with one attached hydrogen (secondary N) is 1. The number of hydrogen-bond acceptors (Lipinski definition) is 4. The lowest BCUT2D eigenvalue weighted by Gasteiger charge is -2.42. The molecule has 2 aliphatic heterocycles. The van der Waals surface area contributed by atoms with Gasteiger partial charge >= 0.3 is 0 Å². The minimum Gasteiger partial charge on any atom is -0.548 e. The first-order valence-corrected chi connectivity index (χ1v) is 12.1. The van der Waals surface area contributed by atoms with Crippen molar-refractivity contribution in [3.63, 3.8) is 0 Å². The number of amides is 2. The molecule has 2 aromatic carbocycles. The summed E-state index contributed by atoms with van der Waals surface area (Å²) in [5.74, 6) is -1.79. The zero-order valence-electron chi connectivity index (χ0n) is 19.8. The molecule has 2 aromatic rings. The highest BCUT2D eigenvalue weighted by Gasteiger charge is 2.45. The molecule has 1 fully saturated rings. The van der Waals surface area contributed by atoms with E-state index < -0.39 is 17.4 Å². The molecule has 7 nitrogen and oxygen atoms in total. The number of carboxylic acids is 1. The number of nitrogens with zero attached hydrogens (tertiary/aromatic N) is 1. The third kappa shape index (κ3) is 4.71. The van der Waals surface area contributed by atoms with E-state index in [0.717, 1.165) is 12.1 Å². The standard InChI is InChI=1S/C27H33N3O4/c1-18(2)23(25(32)33)29-26(34)27(21-10-4-3-5-11-21)12-14-30(15-13-27)24(31)22-16-19-8-6-7-9-20(19)17-28-22/h3-11,18,22-23,28H,12-17H2,1-2H3,(H,29,34)(H,32,33)/t22-,23+/m0/s1. The van der Waals surface area contributed by atoms with Gasteiger partial charge in [-0.25, -0.2) is 0 Å². The Morgan fingerprint density at radius 1 is 1.00 bits per heavy atom. The number of carbonyl (C=O) groups is 3. The van der Waals surface area contributed by atoms with Gasteiger partial charge in [-0.05, 0) is 29.9 Å². The predicted octanol–water partition coefficient (Wildman–Crippen LogP) is 0.126. The van der Waals surface area contributed by atoms with Gasteiger partial charge in [0.05, 0.1) is 17.4 Å². The van der Waals surface area contributed by atoms with Crippen molar-refractivity contribution in [2.45, 2.75) is 57.2 Å². The molecule has 0 saturated carbocycles. The number of quaternary nitrogens is 1. The van der Waals surface area contributed by atoms with Crippen LogP contribution in [-0.2, 0) is 32.8 Å². The lowest BCUT2D eigenvalue weighted by Crippen LogP contribution is -2.93. The van der Waals surface area contributed by atoms with Gasteiger partial charge in [0, 0.05) is 25.1 Å². The van der Waals surface area contributed by atoms with Crippen molar-refractivity contribution in [3.8, 4) is 0 Å². The fraction of sp³-hybridized carbons (Fsp3) is 0.444. The molecule has 34 heavy (non-hydrogen) atoms. The fourth-order valence-electron chi connectivity index (χ4n) is 5.26. The maximum atomic E-state index is 13.5. The van der Waals surface area contributed by atoms with E-state index in [2.05, 4.69) is 22.8 Å². The van der Waals surface area contributed by atoms with Crippen LogP contribution in [0.3, 0.4) is 0 Å². The highest BCUT2D eigenvalue weighted by atomic mass is 16.4. The number of carbonyl (C=O) groups excluding carboxylic acids is 3. The van der Waals surface area contributed by atoms with Gasteiger partial charge in [-0.15, -0.1) is 0 Å². The van der Waals surface area contributed by atoms with Gasteiger partial charge in [-0.3, -0.25) is 9.59 Å². The summed E-state index contributed by atoms with van der Waals surface area (Å²) in [7, 11) is 0. The van der Waals surface area contributed by atoms with E-state index in [1.807, 2.05) is 47.4 Å². The normalized spacial score (nSPS) is 20.3. The summed E-state index contributed by atoms with van der Waals surface area (Å²) in [6, 6.07) is 16.5. The lowest BCUT2D eigenvalue weighted by atomic mass is 9.71. The topological polar surface area (TPSA) is 106 Å². The van der Waals surface area contributed by atoms with Crippen LogP contribution < -0.4 is 15.7 Å². The molecule has 0 aliphatic carbocycles. The number of hydrogen-bond donors (Lipinski definition) is 2. The Kier molecular flexibility index (Phi) is 7.03. The van der Waals surface area contributed by atoms with Crippen molar-refractivity contribution >= 4 is 17.8 Å². The van der Waals surface area contributed by atoms with Crippen molar-refractivity contribution in [2.24, 2.45) is 5.92 Å². The monoisotopic (exact) mass is 463 g/mol. The Morgan fingerprint density at radius 2 is 1.62 bits per heavy atom. The zero-order chi connectivity index (χ0) is 24.3. The van der Waals surface area contributed by atoms with Crippen molar-refractivity contribution < 1.29 is 24.8 Å². The number of likely N-dealkylation sites (tertiary alicyclic amines) is 1. The molecule has 3 N–H and O–H groups in total.